The lowest BCUT2D eigenvalue weighted by molar-refractivity contribution is 0.447. The molecule has 0 saturated carbocycles. The maximum absolute atomic E-state index is 13.4. The van der Waals surface area contributed by atoms with E-state index in [0.29, 0.717) is 5.84 Å². The van der Waals surface area contributed by atoms with Gasteiger partial charge in [0.15, 0.2) is 11.7 Å². The van der Waals surface area contributed by atoms with E-state index in [1.54, 1.807) is 0 Å². The highest BCUT2D eigenvalue weighted by molar-refractivity contribution is 9.11. The molecule has 0 aromatic carbocycles. The number of halogens is 2. The van der Waals surface area contributed by atoms with E-state index in [1.807, 2.05) is 24.9 Å². The number of allylic oxidation sites excluding steroid dienone is 2. The fraction of sp³-hybridized carbons (Fsp3) is 0.444. The molecule has 0 radical (unpaired) electrons. The summed E-state index contributed by atoms with van der Waals surface area (Å²) < 4.78 is 14.1. The lowest BCUT2D eigenvalue weighted by atomic mass is 10.1. The molecule has 0 amide bonds. The monoisotopic (exact) mass is 244 g/mol. The zero-order valence-electron chi connectivity index (χ0n) is 7.51. The van der Waals surface area contributed by atoms with Gasteiger partial charge in [-0.15, -0.1) is 0 Å². The minimum absolute atomic E-state index is 0.186. The summed E-state index contributed by atoms with van der Waals surface area (Å²) in [6, 6.07) is 0. The highest BCUT2D eigenvalue weighted by atomic mass is 79.9. The quantitative estimate of drug-likeness (QED) is 0.640. The van der Waals surface area contributed by atoms with Crippen molar-refractivity contribution in [2.75, 3.05) is 6.54 Å². The molecule has 2 aliphatic rings. The second kappa shape index (κ2) is 2.67. The van der Waals surface area contributed by atoms with Crippen molar-refractivity contribution in [1.29, 1.82) is 0 Å². The molecule has 0 fully saturated rings. The highest BCUT2D eigenvalue weighted by Gasteiger charge is 2.33. The van der Waals surface area contributed by atoms with Crippen LogP contribution in [0, 0.1) is 0 Å². The number of hydrogen-bond acceptors (Lipinski definition) is 2. The average Bonchev–Trinajstić information content (AvgIpc) is 2.23. The second-order valence-corrected chi connectivity index (χ2v) is 4.80. The minimum Gasteiger partial charge on any atom is -0.327 e. The van der Waals surface area contributed by atoms with E-state index in [1.165, 1.54) is 6.08 Å². The summed E-state index contributed by atoms with van der Waals surface area (Å²) in [5.41, 5.74) is -0.186. The van der Waals surface area contributed by atoms with Crippen molar-refractivity contribution in [3.05, 3.63) is 22.6 Å². The molecule has 0 bridgehead atoms. The third-order valence-corrected chi connectivity index (χ3v) is 2.43. The van der Waals surface area contributed by atoms with Gasteiger partial charge in [-0.3, -0.25) is 4.99 Å². The Bertz CT molecular complexity index is 342. The van der Waals surface area contributed by atoms with Gasteiger partial charge in [0.25, 0.3) is 0 Å². The Labute approximate surface area is 85.0 Å². The molecule has 0 aromatic heterocycles. The average molecular weight is 245 g/mol. The summed E-state index contributed by atoms with van der Waals surface area (Å²) in [6.45, 7) is 4.72. The van der Waals surface area contributed by atoms with Gasteiger partial charge in [-0.2, -0.15) is 0 Å². The van der Waals surface area contributed by atoms with Crippen molar-refractivity contribution < 1.29 is 4.39 Å². The Morgan fingerprint density at radius 3 is 3.00 bits per heavy atom. The fourth-order valence-electron chi connectivity index (χ4n) is 1.55. The van der Waals surface area contributed by atoms with Crippen molar-refractivity contribution in [3.8, 4) is 0 Å². The molecular weight excluding hydrogens is 235 g/mol. The molecule has 13 heavy (non-hydrogen) atoms. The van der Waals surface area contributed by atoms with E-state index in [2.05, 4.69) is 20.9 Å². The first-order valence-electron chi connectivity index (χ1n) is 4.09. The smallest absolute Gasteiger partial charge is 0.166 e. The van der Waals surface area contributed by atoms with Crippen molar-refractivity contribution in [3.63, 3.8) is 0 Å². The zero-order valence-corrected chi connectivity index (χ0v) is 9.10. The lowest BCUT2D eigenvalue weighted by Crippen LogP contribution is -2.29. The minimum atomic E-state index is -0.264. The van der Waals surface area contributed by atoms with Gasteiger partial charge in [0.05, 0.1) is 5.54 Å². The summed E-state index contributed by atoms with van der Waals surface area (Å²) in [7, 11) is 0. The first-order chi connectivity index (χ1) is 5.98. The molecule has 0 aliphatic carbocycles. The summed E-state index contributed by atoms with van der Waals surface area (Å²) >= 11 is 3.25. The van der Waals surface area contributed by atoms with E-state index in [0.717, 1.165) is 11.0 Å². The van der Waals surface area contributed by atoms with Crippen LogP contribution in [0.1, 0.15) is 13.8 Å². The summed E-state index contributed by atoms with van der Waals surface area (Å²) in [5, 5.41) is 0. The third kappa shape index (κ3) is 1.55. The Morgan fingerprint density at radius 1 is 1.62 bits per heavy atom. The van der Waals surface area contributed by atoms with Crippen molar-refractivity contribution >= 4 is 21.8 Å². The molecule has 2 rings (SSSR count). The maximum Gasteiger partial charge on any atom is 0.166 e. The van der Waals surface area contributed by atoms with E-state index in [4.69, 9.17) is 0 Å². The standard InChI is InChI=1S/C9H10BrFN2/c1-9(2)5-13-4-6(10)3-7(11)8(13)12-9/h3-4H,5H2,1-2H3. The van der Waals surface area contributed by atoms with E-state index >= 15 is 0 Å². The van der Waals surface area contributed by atoms with Crippen LogP contribution in [0.5, 0.6) is 0 Å². The molecule has 2 aliphatic heterocycles. The van der Waals surface area contributed by atoms with Gasteiger partial charge in [0.2, 0.25) is 0 Å². The second-order valence-electron chi connectivity index (χ2n) is 3.88. The predicted octanol–water partition coefficient (Wildman–Crippen LogP) is 2.58. The van der Waals surface area contributed by atoms with Crippen molar-refractivity contribution in [2.24, 2.45) is 4.99 Å². The van der Waals surface area contributed by atoms with Gasteiger partial charge < -0.3 is 4.90 Å². The van der Waals surface area contributed by atoms with Crippen LogP contribution in [0.25, 0.3) is 0 Å². The Balaban J connectivity index is 2.41. The van der Waals surface area contributed by atoms with Crippen LogP contribution in [-0.2, 0) is 0 Å². The molecule has 2 heterocycles. The molecule has 0 N–H and O–H groups in total. The Morgan fingerprint density at radius 2 is 2.31 bits per heavy atom. The van der Waals surface area contributed by atoms with Crippen molar-refractivity contribution in [2.45, 2.75) is 19.4 Å². The maximum atomic E-state index is 13.4. The van der Waals surface area contributed by atoms with Gasteiger partial charge in [0.1, 0.15) is 0 Å². The first-order valence-corrected chi connectivity index (χ1v) is 4.89. The molecule has 0 aromatic rings. The van der Waals surface area contributed by atoms with Crippen LogP contribution in [-0.4, -0.2) is 22.8 Å². The normalized spacial score (nSPS) is 24.9. The molecule has 4 heteroatoms. The van der Waals surface area contributed by atoms with Crippen molar-refractivity contribution in [1.82, 2.24) is 4.90 Å². The van der Waals surface area contributed by atoms with E-state index < -0.39 is 0 Å². The molecule has 0 unspecified atom stereocenters. The third-order valence-electron chi connectivity index (χ3n) is 2.00. The molecule has 0 spiro atoms. The Kier molecular flexibility index (Phi) is 1.84. The van der Waals surface area contributed by atoms with Crippen LogP contribution in [0.2, 0.25) is 0 Å². The molecule has 0 saturated heterocycles. The summed E-state index contributed by atoms with van der Waals surface area (Å²) in [6.07, 6.45) is 3.30. The number of fused-ring (bicyclic) bond motifs is 1. The van der Waals surface area contributed by atoms with Crippen LogP contribution < -0.4 is 0 Å². The molecule has 0 atom stereocenters. The van der Waals surface area contributed by atoms with Crippen LogP contribution in [0.3, 0.4) is 0 Å². The zero-order chi connectivity index (χ0) is 9.64. The van der Waals surface area contributed by atoms with E-state index in [-0.39, 0.29) is 11.4 Å². The van der Waals surface area contributed by atoms with Crippen LogP contribution in [0.15, 0.2) is 27.6 Å². The lowest BCUT2D eigenvalue weighted by Gasteiger charge is -2.20. The highest BCUT2D eigenvalue weighted by Crippen LogP contribution is 2.29. The predicted molar refractivity (Wildman–Crippen MR) is 54.4 cm³/mol. The number of nitrogens with zero attached hydrogens (tertiary/aromatic N) is 2. The topological polar surface area (TPSA) is 15.6 Å². The fourth-order valence-corrected chi connectivity index (χ4v) is 2.00. The number of rotatable bonds is 0. The summed E-state index contributed by atoms with van der Waals surface area (Å²) in [5.74, 6) is 0.188. The number of hydrogen-bond donors (Lipinski definition) is 0. The number of amidine groups is 1. The van der Waals surface area contributed by atoms with Gasteiger partial charge in [-0.25, -0.2) is 4.39 Å². The number of aliphatic imine (C=N–C) groups is 1. The van der Waals surface area contributed by atoms with Crippen LogP contribution >= 0.6 is 15.9 Å². The van der Waals surface area contributed by atoms with Gasteiger partial charge >= 0.3 is 0 Å². The Hall–Kier alpha value is -0.640. The largest absolute Gasteiger partial charge is 0.327 e. The van der Waals surface area contributed by atoms with Gasteiger partial charge in [-0.05, 0) is 35.9 Å². The molecule has 2 nitrogen and oxygen atoms in total. The SMILES string of the molecule is CC1(C)CN2C=C(Br)C=C(F)C2=N1. The van der Waals surface area contributed by atoms with Crippen LogP contribution in [0.4, 0.5) is 4.39 Å². The van der Waals surface area contributed by atoms with Gasteiger partial charge in [0, 0.05) is 17.2 Å². The first kappa shape index (κ1) is 8.94. The van der Waals surface area contributed by atoms with E-state index in [9.17, 15) is 4.39 Å². The van der Waals surface area contributed by atoms with Gasteiger partial charge in [-0.1, -0.05) is 0 Å². The molecular formula is C9H10BrFN2. The molecule has 70 valence electrons. The summed E-state index contributed by atoms with van der Waals surface area (Å²) in [4.78, 5) is 6.12.